The molecule has 6 heteroatoms. The summed E-state index contributed by atoms with van der Waals surface area (Å²) in [6.07, 6.45) is 4.83. The second kappa shape index (κ2) is 10.4. The maximum Gasteiger partial charge on any atom is 0.240 e. The van der Waals surface area contributed by atoms with E-state index in [9.17, 15) is 9.59 Å². The molecule has 0 aromatic heterocycles. The number of fused-ring (bicyclic) bond motifs is 1. The SMILES string of the molecule is NCCCCC(NC(=O)C1CCCN1CCc1cccc2ccccc12)C(N)=O. The Morgan fingerprint density at radius 3 is 2.72 bits per heavy atom. The number of rotatable bonds is 10. The van der Waals surface area contributed by atoms with E-state index in [4.69, 9.17) is 11.5 Å². The van der Waals surface area contributed by atoms with E-state index < -0.39 is 11.9 Å². The molecule has 2 amide bonds. The Kier molecular flexibility index (Phi) is 7.61. The topological polar surface area (TPSA) is 101 Å². The molecule has 1 heterocycles. The molecule has 1 aliphatic rings. The smallest absolute Gasteiger partial charge is 0.240 e. The number of nitrogens with two attached hydrogens (primary N) is 2. The first-order chi connectivity index (χ1) is 14.1. The van der Waals surface area contributed by atoms with Crippen molar-refractivity contribution in [2.45, 2.75) is 50.6 Å². The minimum atomic E-state index is -0.616. The molecule has 2 atom stereocenters. The van der Waals surface area contributed by atoms with Crippen LogP contribution in [0.3, 0.4) is 0 Å². The molecule has 2 unspecified atom stereocenters. The number of amides is 2. The van der Waals surface area contributed by atoms with Crippen LogP contribution in [0.2, 0.25) is 0 Å². The molecule has 0 bridgehead atoms. The largest absolute Gasteiger partial charge is 0.368 e. The molecular formula is C23H32N4O2. The predicted octanol–water partition coefficient (Wildman–Crippen LogP) is 1.95. The maximum absolute atomic E-state index is 12.8. The van der Waals surface area contributed by atoms with Crippen LogP contribution in [0, 0.1) is 0 Å². The van der Waals surface area contributed by atoms with Gasteiger partial charge in [-0.15, -0.1) is 0 Å². The fraction of sp³-hybridized carbons (Fsp3) is 0.478. The van der Waals surface area contributed by atoms with E-state index in [1.54, 1.807) is 0 Å². The van der Waals surface area contributed by atoms with Crippen molar-refractivity contribution in [3.05, 3.63) is 48.0 Å². The van der Waals surface area contributed by atoms with Gasteiger partial charge in [-0.25, -0.2) is 0 Å². The maximum atomic E-state index is 12.8. The van der Waals surface area contributed by atoms with Gasteiger partial charge in [-0.1, -0.05) is 42.5 Å². The highest BCUT2D eigenvalue weighted by Crippen LogP contribution is 2.22. The van der Waals surface area contributed by atoms with Crippen LogP contribution in [0.25, 0.3) is 10.8 Å². The fourth-order valence-electron chi connectivity index (χ4n) is 4.21. The highest BCUT2D eigenvalue weighted by atomic mass is 16.2. The summed E-state index contributed by atoms with van der Waals surface area (Å²) >= 11 is 0. The summed E-state index contributed by atoms with van der Waals surface area (Å²) in [7, 11) is 0. The highest BCUT2D eigenvalue weighted by molar-refractivity contribution is 5.89. The first-order valence-electron chi connectivity index (χ1n) is 10.6. The van der Waals surface area contributed by atoms with Crippen LogP contribution >= 0.6 is 0 Å². The van der Waals surface area contributed by atoms with Crippen molar-refractivity contribution in [3.8, 4) is 0 Å². The number of nitrogens with zero attached hydrogens (tertiary/aromatic N) is 1. The van der Waals surface area contributed by atoms with Crippen LogP contribution < -0.4 is 16.8 Å². The summed E-state index contributed by atoms with van der Waals surface area (Å²) < 4.78 is 0. The van der Waals surface area contributed by atoms with Crippen molar-refractivity contribution in [1.82, 2.24) is 10.2 Å². The summed E-state index contributed by atoms with van der Waals surface area (Å²) in [6, 6.07) is 14.0. The zero-order valence-electron chi connectivity index (χ0n) is 17.0. The zero-order chi connectivity index (χ0) is 20.6. The monoisotopic (exact) mass is 396 g/mol. The number of carbonyl (C=O) groups is 2. The standard InChI is InChI=1S/C23H32N4O2/c24-14-4-3-11-20(22(25)28)26-23(29)21-12-6-15-27(21)16-13-18-9-5-8-17-7-1-2-10-19(17)18/h1-2,5,7-10,20-21H,3-4,6,11-16,24H2,(H2,25,28)(H,26,29). The number of hydrogen-bond acceptors (Lipinski definition) is 4. The van der Waals surface area contributed by atoms with Crippen molar-refractivity contribution in [1.29, 1.82) is 0 Å². The van der Waals surface area contributed by atoms with E-state index in [1.165, 1.54) is 16.3 Å². The van der Waals surface area contributed by atoms with Crippen LogP contribution in [0.1, 0.15) is 37.7 Å². The van der Waals surface area contributed by atoms with Gasteiger partial charge in [0.2, 0.25) is 11.8 Å². The number of likely N-dealkylation sites (tertiary alicyclic amines) is 1. The normalized spacial score (nSPS) is 18.0. The molecule has 29 heavy (non-hydrogen) atoms. The molecule has 6 nitrogen and oxygen atoms in total. The molecule has 0 saturated carbocycles. The summed E-state index contributed by atoms with van der Waals surface area (Å²) in [5, 5.41) is 5.39. The van der Waals surface area contributed by atoms with Gasteiger partial charge in [0.25, 0.3) is 0 Å². The summed E-state index contributed by atoms with van der Waals surface area (Å²) in [5.41, 5.74) is 12.3. The number of carbonyl (C=O) groups excluding carboxylic acids is 2. The van der Waals surface area contributed by atoms with Crippen molar-refractivity contribution in [2.24, 2.45) is 11.5 Å². The Bertz CT molecular complexity index is 833. The van der Waals surface area contributed by atoms with Gasteiger partial charge in [-0.3, -0.25) is 14.5 Å². The Balaban J connectivity index is 1.60. The molecule has 5 N–H and O–H groups in total. The fourth-order valence-corrected chi connectivity index (χ4v) is 4.21. The van der Waals surface area contributed by atoms with Crippen LogP contribution in [-0.4, -0.2) is 48.4 Å². The average Bonchev–Trinajstić information content (AvgIpc) is 3.20. The molecule has 2 aromatic rings. The van der Waals surface area contributed by atoms with Gasteiger partial charge in [0.15, 0.2) is 0 Å². The lowest BCUT2D eigenvalue weighted by Crippen LogP contribution is -2.51. The summed E-state index contributed by atoms with van der Waals surface area (Å²) in [4.78, 5) is 26.8. The molecule has 0 radical (unpaired) electrons. The first kappa shape index (κ1) is 21.3. The van der Waals surface area contributed by atoms with Gasteiger partial charge in [0, 0.05) is 6.54 Å². The van der Waals surface area contributed by atoms with Crippen LogP contribution in [0.4, 0.5) is 0 Å². The van der Waals surface area contributed by atoms with Gasteiger partial charge < -0.3 is 16.8 Å². The van der Waals surface area contributed by atoms with Crippen molar-refractivity contribution < 1.29 is 9.59 Å². The Morgan fingerprint density at radius 2 is 1.93 bits per heavy atom. The average molecular weight is 397 g/mol. The second-order valence-corrected chi connectivity index (χ2v) is 7.83. The quantitative estimate of drug-likeness (QED) is 0.534. The van der Waals surface area contributed by atoms with E-state index in [1.807, 2.05) is 0 Å². The second-order valence-electron chi connectivity index (χ2n) is 7.83. The minimum Gasteiger partial charge on any atom is -0.368 e. The minimum absolute atomic E-state index is 0.0861. The molecular weight excluding hydrogens is 364 g/mol. The lowest BCUT2D eigenvalue weighted by Gasteiger charge is -2.26. The van der Waals surface area contributed by atoms with Gasteiger partial charge in [-0.05, 0) is 68.0 Å². The third-order valence-corrected chi connectivity index (χ3v) is 5.82. The van der Waals surface area contributed by atoms with Crippen LogP contribution in [0.15, 0.2) is 42.5 Å². The van der Waals surface area contributed by atoms with E-state index in [0.717, 1.165) is 45.2 Å². The molecule has 1 fully saturated rings. The van der Waals surface area contributed by atoms with Crippen molar-refractivity contribution >= 4 is 22.6 Å². The van der Waals surface area contributed by atoms with Crippen LogP contribution in [-0.2, 0) is 16.0 Å². The summed E-state index contributed by atoms with van der Waals surface area (Å²) in [5.74, 6) is -0.562. The van der Waals surface area contributed by atoms with Crippen molar-refractivity contribution in [2.75, 3.05) is 19.6 Å². The number of primary amides is 1. The third-order valence-electron chi connectivity index (χ3n) is 5.82. The lowest BCUT2D eigenvalue weighted by atomic mass is 10.0. The number of benzene rings is 2. The molecule has 1 saturated heterocycles. The Hall–Kier alpha value is -2.44. The third kappa shape index (κ3) is 5.55. The van der Waals surface area contributed by atoms with E-state index in [2.05, 4.69) is 52.7 Å². The van der Waals surface area contributed by atoms with Gasteiger partial charge in [-0.2, -0.15) is 0 Å². The molecule has 0 spiro atoms. The number of nitrogens with one attached hydrogen (secondary N) is 1. The highest BCUT2D eigenvalue weighted by Gasteiger charge is 2.32. The van der Waals surface area contributed by atoms with E-state index >= 15 is 0 Å². The van der Waals surface area contributed by atoms with Gasteiger partial charge in [0.1, 0.15) is 6.04 Å². The van der Waals surface area contributed by atoms with Gasteiger partial charge in [0.05, 0.1) is 6.04 Å². The zero-order valence-corrected chi connectivity index (χ0v) is 17.0. The molecule has 156 valence electrons. The van der Waals surface area contributed by atoms with E-state index in [-0.39, 0.29) is 11.9 Å². The van der Waals surface area contributed by atoms with Crippen molar-refractivity contribution in [3.63, 3.8) is 0 Å². The summed E-state index contributed by atoms with van der Waals surface area (Å²) in [6.45, 7) is 2.29. The predicted molar refractivity (Wildman–Crippen MR) is 116 cm³/mol. The molecule has 0 aliphatic carbocycles. The van der Waals surface area contributed by atoms with Crippen LogP contribution in [0.5, 0.6) is 0 Å². The molecule has 1 aliphatic heterocycles. The molecule has 3 rings (SSSR count). The molecule has 2 aromatic carbocycles. The Morgan fingerprint density at radius 1 is 1.14 bits per heavy atom. The first-order valence-corrected chi connectivity index (χ1v) is 10.6. The number of hydrogen-bond donors (Lipinski definition) is 3. The Labute approximate surface area is 172 Å². The number of unbranched alkanes of at least 4 members (excludes halogenated alkanes) is 1. The lowest BCUT2D eigenvalue weighted by molar-refractivity contribution is -0.130. The van der Waals surface area contributed by atoms with Gasteiger partial charge >= 0.3 is 0 Å². The van der Waals surface area contributed by atoms with E-state index in [0.29, 0.717) is 13.0 Å².